The Balaban J connectivity index is 3.17. The Morgan fingerprint density at radius 3 is 2.64 bits per heavy atom. The Bertz CT molecular complexity index is 116. The summed E-state index contributed by atoms with van der Waals surface area (Å²) < 4.78 is 0. The Morgan fingerprint density at radius 1 is 1.55 bits per heavy atom. The van der Waals surface area contributed by atoms with Gasteiger partial charge in [0.2, 0.25) is 0 Å². The SMILES string of the molecule is CSCCCCC(O)C(=O)O. The molecule has 3 nitrogen and oxygen atoms in total. The first-order valence-corrected chi connectivity index (χ1v) is 4.97. The Hall–Kier alpha value is -0.220. The van der Waals surface area contributed by atoms with Crippen molar-refractivity contribution in [3.63, 3.8) is 0 Å². The number of unbranched alkanes of at least 4 members (excludes halogenated alkanes) is 1. The molecule has 0 amide bonds. The molecule has 0 fully saturated rings. The van der Waals surface area contributed by atoms with Gasteiger partial charge in [-0.2, -0.15) is 11.8 Å². The molecule has 2 N–H and O–H groups in total. The average Bonchev–Trinajstić information content (AvgIpc) is 1.97. The van der Waals surface area contributed by atoms with Gasteiger partial charge in [-0.1, -0.05) is 0 Å². The molecular formula is C7H14O3S. The van der Waals surface area contributed by atoms with Gasteiger partial charge in [0, 0.05) is 0 Å². The van der Waals surface area contributed by atoms with Crippen LogP contribution in [0.2, 0.25) is 0 Å². The van der Waals surface area contributed by atoms with Gasteiger partial charge in [-0.25, -0.2) is 4.79 Å². The maximum atomic E-state index is 10.1. The molecule has 0 aliphatic rings. The third-order valence-corrected chi connectivity index (χ3v) is 2.06. The van der Waals surface area contributed by atoms with Gasteiger partial charge in [0.05, 0.1) is 0 Å². The average molecular weight is 178 g/mol. The minimum absolute atomic E-state index is 0.371. The molecule has 66 valence electrons. The van der Waals surface area contributed by atoms with Gasteiger partial charge in [-0.05, 0) is 31.3 Å². The number of thioether (sulfide) groups is 1. The van der Waals surface area contributed by atoms with E-state index >= 15 is 0 Å². The van der Waals surface area contributed by atoms with Crippen molar-refractivity contribution >= 4 is 17.7 Å². The molecule has 0 aromatic rings. The van der Waals surface area contributed by atoms with Crippen molar-refractivity contribution in [1.29, 1.82) is 0 Å². The number of hydrogen-bond acceptors (Lipinski definition) is 3. The molecule has 0 aromatic carbocycles. The van der Waals surface area contributed by atoms with Crippen LogP contribution in [0, 0.1) is 0 Å². The Kier molecular flexibility index (Phi) is 6.36. The van der Waals surface area contributed by atoms with Crippen LogP contribution in [0.1, 0.15) is 19.3 Å². The number of aliphatic hydroxyl groups excluding tert-OH is 1. The second kappa shape index (κ2) is 6.49. The van der Waals surface area contributed by atoms with Crippen molar-refractivity contribution in [3.05, 3.63) is 0 Å². The molecule has 0 aliphatic heterocycles. The molecule has 0 saturated heterocycles. The molecule has 0 saturated carbocycles. The van der Waals surface area contributed by atoms with Crippen molar-refractivity contribution in [2.24, 2.45) is 0 Å². The van der Waals surface area contributed by atoms with Crippen LogP contribution in [0.15, 0.2) is 0 Å². The summed E-state index contributed by atoms with van der Waals surface area (Å²) in [7, 11) is 0. The van der Waals surface area contributed by atoms with Crippen LogP contribution in [0.4, 0.5) is 0 Å². The number of carbonyl (C=O) groups is 1. The number of carboxylic acids is 1. The van der Waals surface area contributed by atoms with Crippen molar-refractivity contribution in [3.8, 4) is 0 Å². The van der Waals surface area contributed by atoms with E-state index in [0.717, 1.165) is 18.6 Å². The van der Waals surface area contributed by atoms with E-state index in [9.17, 15) is 4.79 Å². The van der Waals surface area contributed by atoms with E-state index in [1.54, 1.807) is 11.8 Å². The zero-order valence-electron chi connectivity index (χ0n) is 6.62. The fourth-order valence-corrected chi connectivity index (χ4v) is 1.20. The zero-order valence-corrected chi connectivity index (χ0v) is 7.43. The predicted molar refractivity (Wildman–Crippen MR) is 45.9 cm³/mol. The van der Waals surface area contributed by atoms with Gasteiger partial charge in [-0.15, -0.1) is 0 Å². The molecule has 4 heteroatoms. The molecule has 0 aromatic heterocycles. The second-order valence-corrected chi connectivity index (χ2v) is 3.33. The molecule has 0 rings (SSSR count). The van der Waals surface area contributed by atoms with Crippen LogP contribution in [0.5, 0.6) is 0 Å². The minimum Gasteiger partial charge on any atom is -0.479 e. The van der Waals surface area contributed by atoms with Crippen LogP contribution in [0.25, 0.3) is 0 Å². The largest absolute Gasteiger partial charge is 0.479 e. The number of aliphatic carboxylic acids is 1. The normalized spacial score (nSPS) is 12.9. The minimum atomic E-state index is -1.17. The molecule has 0 heterocycles. The van der Waals surface area contributed by atoms with E-state index < -0.39 is 12.1 Å². The van der Waals surface area contributed by atoms with Crippen LogP contribution < -0.4 is 0 Å². The fourth-order valence-electron chi connectivity index (χ4n) is 0.708. The zero-order chi connectivity index (χ0) is 8.69. The lowest BCUT2D eigenvalue weighted by atomic mass is 10.2. The maximum Gasteiger partial charge on any atom is 0.332 e. The lowest BCUT2D eigenvalue weighted by Gasteiger charge is -2.03. The Labute approximate surface area is 70.8 Å². The van der Waals surface area contributed by atoms with Gasteiger partial charge in [-0.3, -0.25) is 0 Å². The summed E-state index contributed by atoms with van der Waals surface area (Å²) in [6.45, 7) is 0. The first-order valence-electron chi connectivity index (χ1n) is 3.58. The van der Waals surface area contributed by atoms with Crippen LogP contribution in [0.3, 0.4) is 0 Å². The number of hydrogen-bond donors (Lipinski definition) is 2. The highest BCUT2D eigenvalue weighted by Gasteiger charge is 2.11. The molecule has 0 spiro atoms. The van der Waals surface area contributed by atoms with Gasteiger partial charge >= 0.3 is 5.97 Å². The van der Waals surface area contributed by atoms with Crippen LogP contribution in [-0.2, 0) is 4.79 Å². The van der Waals surface area contributed by atoms with E-state index in [0.29, 0.717) is 6.42 Å². The first kappa shape index (κ1) is 10.8. The smallest absolute Gasteiger partial charge is 0.332 e. The first-order chi connectivity index (χ1) is 5.18. The summed E-state index contributed by atoms with van der Waals surface area (Å²) in [5, 5.41) is 17.1. The predicted octanol–water partition coefficient (Wildman–Crippen LogP) is 0.965. The summed E-state index contributed by atoms with van der Waals surface area (Å²) in [6, 6.07) is 0. The summed E-state index contributed by atoms with van der Waals surface area (Å²) in [5.41, 5.74) is 0. The lowest BCUT2D eigenvalue weighted by molar-refractivity contribution is -0.146. The highest BCUT2D eigenvalue weighted by Crippen LogP contribution is 2.04. The number of aliphatic hydroxyl groups is 1. The molecular weight excluding hydrogens is 164 g/mol. The van der Waals surface area contributed by atoms with Crippen molar-refractivity contribution in [2.75, 3.05) is 12.0 Å². The van der Waals surface area contributed by atoms with E-state index in [4.69, 9.17) is 10.2 Å². The molecule has 11 heavy (non-hydrogen) atoms. The van der Waals surface area contributed by atoms with E-state index in [2.05, 4.69) is 0 Å². The third kappa shape index (κ3) is 6.19. The Morgan fingerprint density at radius 2 is 2.18 bits per heavy atom. The molecule has 1 unspecified atom stereocenters. The maximum absolute atomic E-state index is 10.1. The van der Waals surface area contributed by atoms with Crippen LogP contribution >= 0.6 is 11.8 Å². The van der Waals surface area contributed by atoms with Gasteiger partial charge in [0.1, 0.15) is 0 Å². The summed E-state index contributed by atoms with van der Waals surface area (Å²) in [4.78, 5) is 10.1. The van der Waals surface area contributed by atoms with E-state index in [1.165, 1.54) is 0 Å². The van der Waals surface area contributed by atoms with E-state index in [1.807, 2.05) is 6.26 Å². The lowest BCUT2D eigenvalue weighted by Crippen LogP contribution is -2.18. The van der Waals surface area contributed by atoms with Crippen molar-refractivity contribution in [2.45, 2.75) is 25.4 Å². The van der Waals surface area contributed by atoms with Gasteiger partial charge < -0.3 is 10.2 Å². The summed E-state index contributed by atoms with van der Waals surface area (Å²) in [5.74, 6) is -0.0825. The highest BCUT2D eigenvalue weighted by atomic mass is 32.2. The van der Waals surface area contributed by atoms with Crippen LogP contribution in [-0.4, -0.2) is 34.3 Å². The van der Waals surface area contributed by atoms with Crippen molar-refractivity contribution < 1.29 is 15.0 Å². The topological polar surface area (TPSA) is 57.5 Å². The quantitative estimate of drug-likeness (QED) is 0.595. The summed E-state index contributed by atoms with van der Waals surface area (Å²) in [6.07, 6.45) is 2.97. The molecule has 1 atom stereocenters. The third-order valence-electron chi connectivity index (χ3n) is 1.36. The second-order valence-electron chi connectivity index (χ2n) is 2.34. The standard InChI is InChI=1S/C7H14O3S/c1-11-5-3-2-4-6(8)7(9)10/h6,8H,2-5H2,1H3,(H,9,10). The van der Waals surface area contributed by atoms with Gasteiger partial charge in [0.25, 0.3) is 0 Å². The molecule has 0 bridgehead atoms. The monoisotopic (exact) mass is 178 g/mol. The molecule has 0 radical (unpaired) electrons. The number of rotatable bonds is 6. The van der Waals surface area contributed by atoms with E-state index in [-0.39, 0.29) is 0 Å². The number of carboxylic acid groups (broad SMARTS) is 1. The summed E-state index contributed by atoms with van der Waals surface area (Å²) >= 11 is 1.73. The highest BCUT2D eigenvalue weighted by molar-refractivity contribution is 7.98. The fraction of sp³-hybridized carbons (Fsp3) is 0.857. The van der Waals surface area contributed by atoms with Gasteiger partial charge in [0.15, 0.2) is 6.10 Å². The molecule has 0 aliphatic carbocycles. The van der Waals surface area contributed by atoms with Crippen molar-refractivity contribution in [1.82, 2.24) is 0 Å².